The fourth-order valence-electron chi connectivity index (χ4n) is 3.40. The Morgan fingerprint density at radius 3 is 2.70 bits per heavy atom. The lowest BCUT2D eigenvalue weighted by atomic mass is 10.1. The summed E-state index contributed by atoms with van der Waals surface area (Å²) in [5, 5.41) is 8.75. The first-order valence-electron chi connectivity index (χ1n) is 10.0. The Kier molecular flexibility index (Phi) is 6.28. The van der Waals surface area contributed by atoms with Crippen LogP contribution in [-0.4, -0.2) is 45.2 Å². The number of rotatable bonds is 6. The molecule has 1 amide bonds. The molecule has 0 saturated carbocycles. The van der Waals surface area contributed by atoms with Crippen LogP contribution in [0.4, 0.5) is 0 Å². The van der Waals surface area contributed by atoms with Gasteiger partial charge in [0.1, 0.15) is 6.10 Å². The first kappa shape index (κ1) is 20.3. The van der Waals surface area contributed by atoms with Gasteiger partial charge in [0.2, 0.25) is 23.6 Å². The van der Waals surface area contributed by atoms with Gasteiger partial charge in [-0.1, -0.05) is 11.6 Å². The molecule has 0 spiro atoms. The van der Waals surface area contributed by atoms with E-state index < -0.39 is 0 Å². The number of aryl methyl sites for hydroxylation is 2. The van der Waals surface area contributed by atoms with Gasteiger partial charge in [-0.3, -0.25) is 4.79 Å². The molecule has 0 radical (unpaired) electrons. The number of hydrogen-bond acceptors (Lipinski definition) is 6. The van der Waals surface area contributed by atoms with Crippen molar-refractivity contribution in [3.8, 4) is 17.3 Å². The van der Waals surface area contributed by atoms with Crippen LogP contribution in [0.15, 0.2) is 47.0 Å². The lowest BCUT2D eigenvalue weighted by Gasteiger charge is -2.32. The lowest BCUT2D eigenvalue weighted by Crippen LogP contribution is -2.41. The Hall–Kier alpha value is -2.93. The van der Waals surface area contributed by atoms with Gasteiger partial charge in [0, 0.05) is 61.6 Å². The fraction of sp³-hybridized carbons (Fsp3) is 0.364. The number of halogens is 1. The molecule has 3 heterocycles. The molecule has 1 aromatic carbocycles. The SMILES string of the molecule is Cc1ccnc(OC2CCN(C(=O)CCc3nnc(-c4ccc(Cl)cc4)o3)CC2)c1. The van der Waals surface area contributed by atoms with Crippen molar-refractivity contribution < 1.29 is 13.9 Å². The minimum atomic E-state index is 0.0845. The molecule has 30 heavy (non-hydrogen) atoms. The van der Waals surface area contributed by atoms with Crippen LogP contribution in [0.2, 0.25) is 5.02 Å². The monoisotopic (exact) mass is 426 g/mol. The van der Waals surface area contributed by atoms with E-state index in [1.807, 2.05) is 36.1 Å². The maximum atomic E-state index is 12.6. The van der Waals surface area contributed by atoms with E-state index in [-0.39, 0.29) is 12.0 Å². The number of pyridine rings is 1. The molecule has 4 rings (SSSR count). The highest BCUT2D eigenvalue weighted by Crippen LogP contribution is 2.21. The summed E-state index contributed by atoms with van der Waals surface area (Å²) in [6, 6.07) is 11.1. The number of amides is 1. The summed E-state index contributed by atoms with van der Waals surface area (Å²) in [6.45, 7) is 3.36. The molecule has 156 valence electrons. The van der Waals surface area contributed by atoms with E-state index in [1.54, 1.807) is 18.3 Å². The van der Waals surface area contributed by atoms with Crippen LogP contribution in [0.5, 0.6) is 5.88 Å². The molecule has 0 aliphatic carbocycles. The second kappa shape index (κ2) is 9.26. The van der Waals surface area contributed by atoms with Gasteiger partial charge in [0.05, 0.1) is 0 Å². The average molecular weight is 427 g/mol. The van der Waals surface area contributed by atoms with Gasteiger partial charge in [-0.05, 0) is 42.8 Å². The highest BCUT2D eigenvalue weighted by molar-refractivity contribution is 6.30. The maximum Gasteiger partial charge on any atom is 0.247 e. The van der Waals surface area contributed by atoms with Crippen LogP contribution in [0.3, 0.4) is 0 Å². The molecule has 0 bridgehead atoms. The smallest absolute Gasteiger partial charge is 0.247 e. The number of hydrogen-bond donors (Lipinski definition) is 0. The highest BCUT2D eigenvalue weighted by Gasteiger charge is 2.24. The molecule has 1 fully saturated rings. The Morgan fingerprint density at radius 2 is 1.97 bits per heavy atom. The van der Waals surface area contributed by atoms with Crippen LogP contribution < -0.4 is 4.74 Å². The summed E-state index contributed by atoms with van der Waals surface area (Å²) in [4.78, 5) is 18.7. The standard InChI is InChI=1S/C22H23ClN4O3/c1-15-8-11-24-20(14-15)29-18-9-12-27(13-10-18)21(28)7-6-19-25-26-22(30-19)16-2-4-17(23)5-3-16/h2-5,8,11,14,18H,6-7,9-10,12-13H2,1H3. The third-order valence-corrected chi connectivity index (χ3v) is 5.34. The summed E-state index contributed by atoms with van der Waals surface area (Å²) >= 11 is 5.90. The number of piperidine rings is 1. The Balaban J connectivity index is 1.24. The lowest BCUT2D eigenvalue weighted by molar-refractivity contribution is -0.133. The van der Waals surface area contributed by atoms with Crippen LogP contribution in [0.25, 0.3) is 11.5 Å². The summed E-state index contributed by atoms with van der Waals surface area (Å²) < 4.78 is 11.6. The van der Waals surface area contributed by atoms with Crippen LogP contribution >= 0.6 is 11.6 Å². The number of nitrogens with zero attached hydrogens (tertiary/aromatic N) is 4. The first-order chi connectivity index (χ1) is 14.6. The molecular formula is C22H23ClN4O3. The molecule has 0 atom stereocenters. The van der Waals surface area contributed by atoms with Crippen molar-refractivity contribution in [2.75, 3.05) is 13.1 Å². The molecule has 7 nitrogen and oxygen atoms in total. The van der Waals surface area contributed by atoms with E-state index in [0.717, 1.165) is 24.0 Å². The normalized spacial score (nSPS) is 14.7. The van der Waals surface area contributed by atoms with Crippen molar-refractivity contribution in [2.24, 2.45) is 0 Å². The zero-order chi connectivity index (χ0) is 20.9. The van der Waals surface area contributed by atoms with E-state index in [2.05, 4.69) is 15.2 Å². The molecule has 8 heteroatoms. The topological polar surface area (TPSA) is 81.4 Å². The predicted octanol–water partition coefficient (Wildman–Crippen LogP) is 4.10. The fourth-order valence-corrected chi connectivity index (χ4v) is 3.53. The summed E-state index contributed by atoms with van der Waals surface area (Å²) in [5.74, 6) is 1.62. The quantitative estimate of drug-likeness (QED) is 0.590. The Morgan fingerprint density at radius 1 is 1.20 bits per heavy atom. The molecule has 3 aromatic rings. The number of ether oxygens (including phenoxy) is 1. The number of carbonyl (C=O) groups excluding carboxylic acids is 1. The zero-order valence-electron chi connectivity index (χ0n) is 16.8. The van der Waals surface area contributed by atoms with E-state index >= 15 is 0 Å². The zero-order valence-corrected chi connectivity index (χ0v) is 17.5. The number of benzene rings is 1. The second-order valence-corrected chi connectivity index (χ2v) is 7.81. The maximum absolute atomic E-state index is 12.6. The van der Waals surface area contributed by atoms with Crippen LogP contribution in [-0.2, 0) is 11.2 Å². The molecule has 0 N–H and O–H groups in total. The summed E-state index contributed by atoms with van der Waals surface area (Å²) in [6.07, 6.45) is 4.18. The van der Waals surface area contributed by atoms with Crippen molar-refractivity contribution in [1.29, 1.82) is 0 Å². The van der Waals surface area contributed by atoms with Crippen molar-refractivity contribution in [1.82, 2.24) is 20.1 Å². The largest absolute Gasteiger partial charge is 0.474 e. The first-order valence-corrected chi connectivity index (χ1v) is 10.4. The molecule has 0 unspecified atom stereocenters. The van der Waals surface area contributed by atoms with Gasteiger partial charge < -0.3 is 14.1 Å². The third-order valence-electron chi connectivity index (χ3n) is 5.08. The highest BCUT2D eigenvalue weighted by atomic mass is 35.5. The number of aromatic nitrogens is 3. The van der Waals surface area contributed by atoms with Gasteiger partial charge in [-0.15, -0.1) is 10.2 Å². The predicted molar refractivity (Wildman–Crippen MR) is 112 cm³/mol. The van der Waals surface area contributed by atoms with Crippen molar-refractivity contribution in [2.45, 2.75) is 38.7 Å². The van der Waals surface area contributed by atoms with Crippen molar-refractivity contribution in [3.63, 3.8) is 0 Å². The van der Waals surface area contributed by atoms with Crippen LogP contribution in [0, 0.1) is 6.92 Å². The number of likely N-dealkylation sites (tertiary alicyclic amines) is 1. The van der Waals surface area contributed by atoms with Crippen molar-refractivity contribution >= 4 is 17.5 Å². The van der Waals surface area contributed by atoms with Gasteiger partial charge in [-0.25, -0.2) is 4.98 Å². The van der Waals surface area contributed by atoms with Crippen LogP contribution in [0.1, 0.15) is 30.7 Å². The van der Waals surface area contributed by atoms with E-state index in [4.69, 9.17) is 20.8 Å². The molecular weight excluding hydrogens is 404 g/mol. The van der Waals surface area contributed by atoms with Gasteiger partial charge in [0.25, 0.3) is 0 Å². The third kappa shape index (κ3) is 5.16. The average Bonchev–Trinajstić information content (AvgIpc) is 3.22. The van der Waals surface area contributed by atoms with Gasteiger partial charge >= 0.3 is 0 Å². The Bertz CT molecular complexity index is 998. The molecule has 2 aromatic heterocycles. The summed E-state index contributed by atoms with van der Waals surface area (Å²) in [7, 11) is 0. The number of carbonyl (C=O) groups is 1. The van der Waals surface area contributed by atoms with Gasteiger partial charge in [-0.2, -0.15) is 0 Å². The second-order valence-electron chi connectivity index (χ2n) is 7.38. The molecule has 1 aliphatic rings. The van der Waals surface area contributed by atoms with E-state index in [0.29, 0.717) is 48.6 Å². The molecule has 1 aliphatic heterocycles. The molecule has 1 saturated heterocycles. The minimum Gasteiger partial charge on any atom is -0.474 e. The van der Waals surface area contributed by atoms with E-state index in [9.17, 15) is 4.79 Å². The van der Waals surface area contributed by atoms with E-state index in [1.165, 1.54) is 0 Å². The minimum absolute atomic E-state index is 0.0845. The van der Waals surface area contributed by atoms with Crippen molar-refractivity contribution in [3.05, 3.63) is 59.1 Å². The Labute approximate surface area is 180 Å². The van der Waals surface area contributed by atoms with Gasteiger partial charge in [0.15, 0.2) is 0 Å². The summed E-state index contributed by atoms with van der Waals surface area (Å²) in [5.41, 5.74) is 1.92.